The molecule has 4 aliphatic rings. The molecule has 0 bridgehead atoms. The van der Waals surface area contributed by atoms with Crippen molar-refractivity contribution in [1.29, 1.82) is 0 Å². The Balaban J connectivity index is 1.44. The predicted molar refractivity (Wildman–Crippen MR) is 193 cm³/mol. The van der Waals surface area contributed by atoms with Crippen molar-refractivity contribution in [3.8, 4) is 11.5 Å². The summed E-state index contributed by atoms with van der Waals surface area (Å²) in [6.07, 6.45) is -3.00. The fourth-order valence-corrected chi connectivity index (χ4v) is 9.53. The summed E-state index contributed by atoms with van der Waals surface area (Å²) in [4.78, 5) is 73.8. The van der Waals surface area contributed by atoms with Gasteiger partial charge in [-0.25, -0.2) is 4.98 Å². The molecule has 2 aromatic carbocycles. The quantitative estimate of drug-likeness (QED) is 0.135. The number of phenolic OH excluding ortho intramolecular Hbond substituents is 1. The van der Waals surface area contributed by atoms with Crippen LogP contribution in [0.3, 0.4) is 0 Å². The van der Waals surface area contributed by atoms with Crippen LogP contribution in [0.5, 0.6) is 11.5 Å². The van der Waals surface area contributed by atoms with Gasteiger partial charge >= 0.3 is 12.1 Å². The lowest BCUT2D eigenvalue weighted by Gasteiger charge is -2.50. The van der Waals surface area contributed by atoms with E-state index in [4.69, 9.17) is 27.9 Å². The number of nitrogens with zero attached hydrogens (tertiary/aromatic N) is 3. The van der Waals surface area contributed by atoms with E-state index in [1.807, 2.05) is 22.6 Å². The summed E-state index contributed by atoms with van der Waals surface area (Å²) < 4.78 is 46.2. The Labute approximate surface area is 328 Å². The average molecular weight is 899 g/mol. The van der Waals surface area contributed by atoms with Gasteiger partial charge in [0.2, 0.25) is 11.8 Å². The van der Waals surface area contributed by atoms with Crippen LogP contribution < -0.4 is 10.2 Å². The van der Waals surface area contributed by atoms with Gasteiger partial charge in [0.1, 0.15) is 0 Å². The van der Waals surface area contributed by atoms with E-state index in [-0.39, 0.29) is 30.9 Å². The van der Waals surface area contributed by atoms with Crippen molar-refractivity contribution in [2.75, 3.05) is 19.1 Å². The number of benzene rings is 2. The third kappa shape index (κ3) is 5.87. The number of alkyl halides is 3. The largest absolute Gasteiger partial charge is 0.504 e. The van der Waals surface area contributed by atoms with Crippen LogP contribution in [0.15, 0.2) is 60.3 Å². The van der Waals surface area contributed by atoms with Crippen molar-refractivity contribution in [2.45, 2.75) is 36.8 Å². The zero-order valence-corrected chi connectivity index (χ0v) is 31.5. The number of hydrazine groups is 1. The summed E-state index contributed by atoms with van der Waals surface area (Å²) in [5.74, 6) is -9.45. The molecule has 54 heavy (non-hydrogen) atoms. The first kappa shape index (κ1) is 37.9. The number of nitrogens with one attached hydrogen (secondary N) is 1. The first-order valence-electron chi connectivity index (χ1n) is 16.5. The smallest absolute Gasteiger partial charge is 0.417 e. The first-order valence-corrected chi connectivity index (χ1v) is 18.3. The third-order valence-electron chi connectivity index (χ3n) is 10.8. The van der Waals surface area contributed by atoms with Gasteiger partial charge in [-0.15, -0.1) is 0 Å². The molecule has 3 heterocycles. The topological polar surface area (TPSA) is 166 Å². The van der Waals surface area contributed by atoms with Gasteiger partial charge in [0, 0.05) is 23.7 Å². The second-order valence-corrected chi connectivity index (χ2v) is 15.4. The van der Waals surface area contributed by atoms with Crippen LogP contribution in [0, 0.1) is 27.2 Å². The van der Waals surface area contributed by atoms with Gasteiger partial charge < -0.3 is 14.9 Å². The van der Waals surface area contributed by atoms with Crippen LogP contribution >= 0.6 is 45.8 Å². The number of ether oxygens (including phenoxy) is 1. The number of allylic oxidation sites excluding steroid dienone is 2. The number of hydrogen-bond donors (Lipinski definition) is 3. The molecule has 1 aromatic heterocycles. The Bertz CT molecular complexity index is 2170. The minimum absolute atomic E-state index is 0.0515. The molecule has 3 N–H and O–H groups in total. The molecular formula is C36H28Cl2F3IN4O8. The highest BCUT2D eigenvalue weighted by atomic mass is 127. The molecule has 2 saturated heterocycles. The molecule has 282 valence electrons. The Morgan fingerprint density at radius 3 is 2.41 bits per heavy atom. The summed E-state index contributed by atoms with van der Waals surface area (Å²) in [5, 5.41) is 20.6. The number of carboxylic acids is 1. The lowest BCUT2D eigenvalue weighted by Crippen LogP contribution is -2.53. The highest BCUT2D eigenvalue weighted by molar-refractivity contribution is 14.1. The van der Waals surface area contributed by atoms with Crippen molar-refractivity contribution in [3.63, 3.8) is 0 Å². The molecule has 18 heteroatoms. The second-order valence-electron chi connectivity index (χ2n) is 13.4. The number of carboxylic acid groups (broad SMARTS) is 1. The fourth-order valence-electron chi connectivity index (χ4n) is 8.57. The van der Waals surface area contributed by atoms with Gasteiger partial charge in [-0.05, 0) is 82.8 Å². The van der Waals surface area contributed by atoms with E-state index in [9.17, 15) is 42.6 Å². The molecule has 7 rings (SSSR count). The molecule has 2 aliphatic heterocycles. The molecule has 4 amide bonds. The number of rotatable bonds is 8. The highest BCUT2D eigenvalue weighted by Crippen LogP contribution is 2.64. The fraction of sp³-hybridized carbons (Fsp3) is 0.333. The molecular weight excluding hydrogens is 871 g/mol. The van der Waals surface area contributed by atoms with E-state index in [1.165, 1.54) is 13.2 Å². The van der Waals surface area contributed by atoms with Gasteiger partial charge in [0.25, 0.3) is 11.8 Å². The van der Waals surface area contributed by atoms with Crippen LogP contribution in [-0.4, -0.2) is 68.4 Å². The van der Waals surface area contributed by atoms with Crippen molar-refractivity contribution in [2.24, 2.45) is 23.7 Å². The first-order chi connectivity index (χ1) is 25.5. The number of aromatic hydroxyl groups is 1. The van der Waals surface area contributed by atoms with Gasteiger partial charge in [-0.1, -0.05) is 47.0 Å². The number of carbonyl (C=O) groups excluding carboxylic acids is 4. The lowest BCUT2D eigenvalue weighted by molar-refractivity contribution is -0.143. The monoisotopic (exact) mass is 898 g/mol. The molecule has 12 nitrogen and oxygen atoms in total. The maximum Gasteiger partial charge on any atom is 0.417 e. The summed E-state index contributed by atoms with van der Waals surface area (Å²) in [6, 6.07) is 10.0. The van der Waals surface area contributed by atoms with Crippen LogP contribution in [0.2, 0.25) is 10.0 Å². The second kappa shape index (κ2) is 13.7. The van der Waals surface area contributed by atoms with Gasteiger partial charge in [0.05, 0.1) is 50.9 Å². The molecule has 6 atom stereocenters. The van der Waals surface area contributed by atoms with Crippen LogP contribution in [-0.2, 0) is 35.6 Å². The van der Waals surface area contributed by atoms with Crippen molar-refractivity contribution in [3.05, 3.63) is 90.6 Å². The van der Waals surface area contributed by atoms with Crippen molar-refractivity contribution in [1.82, 2.24) is 14.9 Å². The summed E-state index contributed by atoms with van der Waals surface area (Å²) in [6.45, 7) is -0.340. The summed E-state index contributed by atoms with van der Waals surface area (Å²) in [7, 11) is 1.34. The Kier molecular flexibility index (Phi) is 9.61. The molecule has 3 fully saturated rings. The van der Waals surface area contributed by atoms with Gasteiger partial charge in [0.15, 0.2) is 17.3 Å². The van der Waals surface area contributed by atoms with E-state index >= 15 is 4.79 Å². The zero-order chi connectivity index (χ0) is 39.0. The molecule has 1 saturated carbocycles. The maximum absolute atomic E-state index is 15.3. The number of imide groups is 2. The molecule has 0 spiro atoms. The number of amides is 4. The van der Waals surface area contributed by atoms with E-state index in [0.717, 1.165) is 4.90 Å². The lowest BCUT2D eigenvalue weighted by atomic mass is 9.49. The number of aromatic nitrogens is 1. The maximum atomic E-state index is 15.3. The Morgan fingerprint density at radius 2 is 1.78 bits per heavy atom. The summed E-state index contributed by atoms with van der Waals surface area (Å²) >= 11 is 14.4. The van der Waals surface area contributed by atoms with E-state index in [0.29, 0.717) is 42.6 Å². The number of methoxy groups -OCH3 is 1. The minimum atomic E-state index is -4.78. The molecule has 2 aliphatic carbocycles. The third-order valence-corrected chi connectivity index (χ3v) is 12.2. The molecule has 6 unspecified atom stereocenters. The number of hydrogen-bond acceptors (Lipinski definition) is 9. The number of fused-ring (bicyclic) bond motifs is 4. The van der Waals surface area contributed by atoms with Crippen LogP contribution in [0.1, 0.15) is 41.9 Å². The standard InChI is InChI=1S/C36H28Cl2F3IN4O8/c1-54-25-11-15(10-24(42)29(25)49)28-19-6-7-20-27(33(52)45(31(20)50)9-8-26(47)48)21(19)13-22-32(51)46(34(53)35(22,28)16-2-4-18(37)5-3-16)44-30-23(38)12-17(14-43-30)36(39,40)41/h2-6,10-12,14,20-22,27-28,49H,7-9,13H2,1H3,(H,43,44)(H,47,48). The molecule has 3 aromatic rings. The van der Waals surface area contributed by atoms with Gasteiger partial charge in [-0.3, -0.25) is 34.3 Å². The van der Waals surface area contributed by atoms with Gasteiger partial charge in [-0.2, -0.15) is 18.2 Å². The minimum Gasteiger partial charge on any atom is -0.504 e. The van der Waals surface area contributed by atoms with Crippen molar-refractivity contribution >= 4 is 81.2 Å². The average Bonchev–Trinajstić information content (AvgIpc) is 3.49. The summed E-state index contributed by atoms with van der Waals surface area (Å²) in [5.41, 5.74) is 0.926. The van der Waals surface area contributed by atoms with E-state index < -0.39 is 93.6 Å². The van der Waals surface area contributed by atoms with E-state index in [2.05, 4.69) is 10.4 Å². The number of aliphatic carboxylic acids is 1. The number of phenols is 1. The van der Waals surface area contributed by atoms with Crippen LogP contribution in [0.25, 0.3) is 0 Å². The Hall–Kier alpha value is -4.42. The molecule has 0 radical (unpaired) electrons. The Morgan fingerprint density at radius 1 is 1.07 bits per heavy atom. The number of pyridine rings is 1. The van der Waals surface area contributed by atoms with Crippen LogP contribution in [0.4, 0.5) is 19.0 Å². The highest BCUT2D eigenvalue weighted by Gasteiger charge is 2.70. The normalized spacial score (nSPS) is 26.4. The number of likely N-dealkylation sites (tertiary alicyclic amines) is 1. The van der Waals surface area contributed by atoms with E-state index in [1.54, 1.807) is 36.4 Å². The SMILES string of the molecule is COc1cc(C2C3=CCC4C(=O)N(CCC(=O)O)C(=O)C4C3CC3C(=O)N(Nc4ncc(C(F)(F)F)cc4Cl)C(=O)C32c2ccc(Cl)cc2)cc(I)c1O. The predicted octanol–water partition coefficient (Wildman–Crippen LogP) is 6.19. The number of carbonyl (C=O) groups is 5. The number of anilines is 1. The zero-order valence-electron chi connectivity index (χ0n) is 27.9. The number of halogens is 6. The van der Waals surface area contributed by atoms with Crippen molar-refractivity contribution < 1.29 is 52.1 Å².